The predicted molar refractivity (Wildman–Crippen MR) is 48.9 cm³/mol. The molecule has 0 radical (unpaired) electrons. The van der Waals surface area contributed by atoms with Crippen LogP contribution < -0.4 is 5.73 Å². The van der Waals surface area contributed by atoms with Crippen molar-refractivity contribution < 1.29 is 17.6 Å². The van der Waals surface area contributed by atoms with Crippen molar-refractivity contribution in [1.29, 1.82) is 0 Å². The lowest BCUT2D eigenvalue weighted by atomic mass is 9.98. The van der Waals surface area contributed by atoms with Crippen LogP contribution in [0, 0.1) is 5.82 Å². The Labute approximate surface area is 84.9 Å². The first-order valence-electron chi connectivity index (χ1n) is 4.43. The highest BCUT2D eigenvalue weighted by molar-refractivity contribution is 5.29. The third-order valence-corrected chi connectivity index (χ3v) is 2.21. The summed E-state index contributed by atoms with van der Waals surface area (Å²) in [6.45, 7) is 1.69. The fraction of sp³-hybridized carbons (Fsp3) is 0.400. The second-order valence-corrected chi connectivity index (χ2v) is 3.37. The van der Waals surface area contributed by atoms with E-state index in [9.17, 15) is 17.6 Å². The van der Waals surface area contributed by atoms with E-state index in [0.29, 0.717) is 0 Å². The Balaban J connectivity index is 3.17. The molecular formula is C10H11F4N. The first kappa shape index (κ1) is 12.0. The molecule has 0 aromatic heterocycles. The Morgan fingerprint density at radius 3 is 2.40 bits per heavy atom. The van der Waals surface area contributed by atoms with Gasteiger partial charge in [-0.15, -0.1) is 0 Å². The maximum absolute atomic E-state index is 13.2. The quantitative estimate of drug-likeness (QED) is 0.763. The second-order valence-electron chi connectivity index (χ2n) is 3.37. The van der Waals surface area contributed by atoms with Crippen LogP contribution in [0.3, 0.4) is 0 Å². The molecule has 0 unspecified atom stereocenters. The van der Waals surface area contributed by atoms with Gasteiger partial charge in [0, 0.05) is 0 Å². The molecule has 1 atom stereocenters. The molecule has 0 amide bonds. The van der Waals surface area contributed by atoms with Gasteiger partial charge in [-0.1, -0.05) is 6.92 Å². The molecule has 5 heteroatoms. The van der Waals surface area contributed by atoms with Gasteiger partial charge < -0.3 is 5.73 Å². The van der Waals surface area contributed by atoms with Crippen LogP contribution in [0.15, 0.2) is 18.2 Å². The van der Waals surface area contributed by atoms with E-state index in [-0.39, 0.29) is 12.1 Å². The third-order valence-electron chi connectivity index (χ3n) is 2.21. The van der Waals surface area contributed by atoms with Crippen molar-refractivity contribution in [1.82, 2.24) is 0 Å². The highest BCUT2D eigenvalue weighted by atomic mass is 19.4. The van der Waals surface area contributed by atoms with E-state index in [1.165, 1.54) is 0 Å². The Morgan fingerprint density at radius 2 is 1.93 bits per heavy atom. The largest absolute Gasteiger partial charge is 0.416 e. The molecule has 1 aromatic carbocycles. The van der Waals surface area contributed by atoms with Crippen molar-refractivity contribution in [2.45, 2.75) is 19.0 Å². The summed E-state index contributed by atoms with van der Waals surface area (Å²) in [5, 5.41) is 0. The smallest absolute Gasteiger partial charge is 0.330 e. The van der Waals surface area contributed by atoms with Gasteiger partial charge in [-0.05, 0) is 36.2 Å². The van der Waals surface area contributed by atoms with E-state index in [4.69, 9.17) is 5.73 Å². The van der Waals surface area contributed by atoms with Gasteiger partial charge in [0.1, 0.15) is 5.82 Å². The summed E-state index contributed by atoms with van der Waals surface area (Å²) in [4.78, 5) is 0. The number of halogens is 4. The van der Waals surface area contributed by atoms with Gasteiger partial charge in [-0.2, -0.15) is 13.2 Å². The fourth-order valence-corrected chi connectivity index (χ4v) is 1.22. The molecule has 0 saturated heterocycles. The molecule has 0 heterocycles. The second kappa shape index (κ2) is 4.18. The zero-order chi connectivity index (χ0) is 11.6. The number of nitrogens with two attached hydrogens (primary N) is 1. The molecule has 0 spiro atoms. The van der Waals surface area contributed by atoms with E-state index in [1.807, 2.05) is 0 Å². The fourth-order valence-electron chi connectivity index (χ4n) is 1.22. The van der Waals surface area contributed by atoms with Crippen LogP contribution in [0.4, 0.5) is 17.6 Å². The molecule has 0 aliphatic rings. The summed E-state index contributed by atoms with van der Waals surface area (Å²) in [6, 6.07) is 2.36. The summed E-state index contributed by atoms with van der Waals surface area (Å²) in [5.74, 6) is -1.08. The van der Waals surface area contributed by atoms with Crippen molar-refractivity contribution >= 4 is 0 Å². The minimum absolute atomic E-state index is 0.00678. The van der Waals surface area contributed by atoms with E-state index in [1.54, 1.807) is 6.92 Å². The summed E-state index contributed by atoms with van der Waals surface area (Å²) in [6.07, 6.45) is -4.45. The van der Waals surface area contributed by atoms with E-state index >= 15 is 0 Å². The maximum atomic E-state index is 13.2. The van der Waals surface area contributed by atoms with E-state index < -0.39 is 23.5 Å². The number of benzene rings is 1. The highest BCUT2D eigenvalue weighted by Crippen LogP contribution is 2.31. The lowest BCUT2D eigenvalue weighted by molar-refractivity contribution is -0.137. The molecule has 1 rings (SSSR count). The summed E-state index contributed by atoms with van der Waals surface area (Å²) >= 11 is 0. The zero-order valence-electron chi connectivity index (χ0n) is 8.11. The van der Waals surface area contributed by atoms with Gasteiger partial charge in [0.2, 0.25) is 0 Å². The van der Waals surface area contributed by atoms with Crippen molar-refractivity contribution in [3.8, 4) is 0 Å². The van der Waals surface area contributed by atoms with Crippen molar-refractivity contribution in [3.63, 3.8) is 0 Å². The van der Waals surface area contributed by atoms with Crippen molar-refractivity contribution in [2.75, 3.05) is 6.54 Å². The molecule has 2 N–H and O–H groups in total. The lowest BCUT2D eigenvalue weighted by Gasteiger charge is -2.13. The van der Waals surface area contributed by atoms with Gasteiger partial charge in [-0.25, -0.2) is 4.39 Å². The van der Waals surface area contributed by atoms with Gasteiger partial charge in [0.25, 0.3) is 0 Å². The Hall–Kier alpha value is -1.10. The van der Waals surface area contributed by atoms with Gasteiger partial charge in [0.05, 0.1) is 5.56 Å². The minimum atomic E-state index is -4.45. The van der Waals surface area contributed by atoms with E-state index in [0.717, 1.165) is 18.2 Å². The standard InChI is InChI=1S/C10H11F4N/c1-6(5-15)8-4-7(10(12,13)14)2-3-9(8)11/h2-4,6H,5,15H2,1H3/t6-/m1/s1. The Bertz CT molecular complexity index is 346. The topological polar surface area (TPSA) is 26.0 Å². The van der Waals surface area contributed by atoms with Crippen LogP contribution in [-0.2, 0) is 6.18 Å². The monoisotopic (exact) mass is 221 g/mol. The van der Waals surface area contributed by atoms with Crippen molar-refractivity contribution in [3.05, 3.63) is 35.1 Å². The molecule has 0 saturated carbocycles. The van der Waals surface area contributed by atoms with Crippen LogP contribution in [0.1, 0.15) is 24.0 Å². The average molecular weight is 221 g/mol. The normalized spacial score (nSPS) is 14.0. The first-order valence-corrected chi connectivity index (χ1v) is 4.43. The molecule has 1 aromatic rings. The Kier molecular flexibility index (Phi) is 3.34. The molecule has 0 aliphatic heterocycles. The maximum Gasteiger partial charge on any atom is 0.416 e. The zero-order valence-corrected chi connectivity index (χ0v) is 8.11. The van der Waals surface area contributed by atoms with Crippen LogP contribution in [0.25, 0.3) is 0 Å². The molecule has 15 heavy (non-hydrogen) atoms. The van der Waals surface area contributed by atoms with Gasteiger partial charge in [-0.3, -0.25) is 0 Å². The predicted octanol–water partition coefficient (Wildman–Crippen LogP) is 2.91. The van der Waals surface area contributed by atoms with Crippen LogP contribution in [-0.4, -0.2) is 6.54 Å². The summed E-state index contributed by atoms with van der Waals surface area (Å²) in [7, 11) is 0. The molecule has 1 nitrogen and oxygen atoms in total. The average Bonchev–Trinajstić information content (AvgIpc) is 2.15. The SMILES string of the molecule is C[C@H](CN)c1cc(C(F)(F)F)ccc1F. The number of alkyl halides is 3. The molecule has 84 valence electrons. The van der Waals surface area contributed by atoms with Crippen LogP contribution in [0.5, 0.6) is 0 Å². The Morgan fingerprint density at radius 1 is 1.33 bits per heavy atom. The third kappa shape index (κ3) is 2.68. The molecule has 0 bridgehead atoms. The molecule has 0 fully saturated rings. The van der Waals surface area contributed by atoms with E-state index in [2.05, 4.69) is 0 Å². The lowest BCUT2D eigenvalue weighted by Crippen LogP contribution is -2.13. The summed E-state index contributed by atoms with van der Waals surface area (Å²) in [5.41, 5.74) is 4.44. The van der Waals surface area contributed by atoms with Gasteiger partial charge >= 0.3 is 6.18 Å². The highest BCUT2D eigenvalue weighted by Gasteiger charge is 2.31. The number of hydrogen-bond donors (Lipinski definition) is 1. The van der Waals surface area contributed by atoms with Crippen LogP contribution in [0.2, 0.25) is 0 Å². The first-order chi connectivity index (χ1) is 6.86. The van der Waals surface area contributed by atoms with Gasteiger partial charge in [0.15, 0.2) is 0 Å². The molecule has 0 aliphatic carbocycles. The number of hydrogen-bond acceptors (Lipinski definition) is 1. The van der Waals surface area contributed by atoms with Crippen LogP contribution >= 0.6 is 0 Å². The minimum Gasteiger partial charge on any atom is -0.330 e. The molecular weight excluding hydrogens is 210 g/mol. The van der Waals surface area contributed by atoms with Crippen molar-refractivity contribution in [2.24, 2.45) is 5.73 Å². The summed E-state index contributed by atoms with van der Waals surface area (Å²) < 4.78 is 50.1. The number of rotatable bonds is 2.